The summed E-state index contributed by atoms with van der Waals surface area (Å²) in [6.45, 7) is 3.59. The number of furan rings is 1. The van der Waals surface area contributed by atoms with E-state index in [1.807, 2.05) is 0 Å². The first-order valence-corrected chi connectivity index (χ1v) is 4.86. The van der Waals surface area contributed by atoms with Crippen molar-refractivity contribution in [2.75, 3.05) is 7.11 Å². The molecule has 1 rings (SSSR count). The van der Waals surface area contributed by atoms with E-state index in [4.69, 9.17) is 21.8 Å². The molecule has 1 aromatic heterocycles. The first-order chi connectivity index (χ1) is 6.89. The van der Waals surface area contributed by atoms with Gasteiger partial charge in [-0.05, 0) is 23.7 Å². The van der Waals surface area contributed by atoms with E-state index >= 15 is 0 Å². The third-order valence-corrected chi connectivity index (χ3v) is 2.64. The maximum absolute atomic E-state index is 11.3. The predicted molar refractivity (Wildman–Crippen MR) is 56.7 cm³/mol. The molecule has 1 aromatic rings. The van der Waals surface area contributed by atoms with Crippen LogP contribution in [0.1, 0.15) is 19.6 Å². The van der Waals surface area contributed by atoms with Crippen molar-refractivity contribution in [3.05, 3.63) is 23.1 Å². The molecule has 0 aliphatic rings. The summed E-state index contributed by atoms with van der Waals surface area (Å²) in [7, 11) is 1.30. The largest absolute Gasteiger partial charge is 0.468 e. The number of nitrogens with two attached hydrogens (primary N) is 1. The number of rotatable bonds is 3. The summed E-state index contributed by atoms with van der Waals surface area (Å²) >= 11 is 5.66. The highest BCUT2D eigenvalue weighted by atomic mass is 35.5. The van der Waals surface area contributed by atoms with E-state index < -0.39 is 17.4 Å². The van der Waals surface area contributed by atoms with Crippen molar-refractivity contribution in [1.82, 2.24) is 0 Å². The van der Waals surface area contributed by atoms with E-state index in [9.17, 15) is 4.79 Å². The van der Waals surface area contributed by atoms with E-state index in [2.05, 4.69) is 4.74 Å². The number of esters is 1. The lowest BCUT2D eigenvalue weighted by Gasteiger charge is -2.27. The standard InChI is InChI=1S/C10H14ClNO3/c1-10(2,8(12)9(13)14-3)6-4-5-7(11)15-6/h4-5,8H,12H2,1-3H3. The smallest absolute Gasteiger partial charge is 0.323 e. The number of methoxy groups -OCH3 is 1. The summed E-state index contributed by atoms with van der Waals surface area (Å²) < 4.78 is 9.83. The van der Waals surface area contributed by atoms with E-state index in [-0.39, 0.29) is 5.22 Å². The molecule has 0 aromatic carbocycles. The molecule has 15 heavy (non-hydrogen) atoms. The average molecular weight is 232 g/mol. The van der Waals surface area contributed by atoms with Crippen LogP contribution >= 0.6 is 11.6 Å². The van der Waals surface area contributed by atoms with Crippen LogP contribution in [0.5, 0.6) is 0 Å². The van der Waals surface area contributed by atoms with Crippen LogP contribution in [0.3, 0.4) is 0 Å². The van der Waals surface area contributed by atoms with Crippen molar-refractivity contribution in [1.29, 1.82) is 0 Å². The van der Waals surface area contributed by atoms with Gasteiger partial charge in [0, 0.05) is 5.41 Å². The van der Waals surface area contributed by atoms with Crippen molar-refractivity contribution in [3.63, 3.8) is 0 Å². The first kappa shape index (κ1) is 12.1. The molecule has 0 saturated heterocycles. The van der Waals surface area contributed by atoms with Gasteiger partial charge in [-0.1, -0.05) is 13.8 Å². The zero-order valence-electron chi connectivity index (χ0n) is 8.91. The fourth-order valence-corrected chi connectivity index (χ4v) is 1.38. The van der Waals surface area contributed by atoms with Gasteiger partial charge in [-0.2, -0.15) is 0 Å². The summed E-state index contributed by atoms with van der Waals surface area (Å²) in [5.74, 6) is 0.0814. The fraction of sp³-hybridized carbons (Fsp3) is 0.500. The maximum atomic E-state index is 11.3. The summed E-state index contributed by atoms with van der Waals surface area (Å²) in [6, 6.07) is 2.53. The number of carbonyl (C=O) groups excluding carboxylic acids is 1. The van der Waals surface area contributed by atoms with Crippen LogP contribution in [0, 0.1) is 0 Å². The number of hydrogen-bond donors (Lipinski definition) is 1. The van der Waals surface area contributed by atoms with Crippen LogP contribution in [0.25, 0.3) is 0 Å². The van der Waals surface area contributed by atoms with Crippen molar-refractivity contribution < 1.29 is 13.9 Å². The molecule has 0 spiro atoms. The molecule has 5 heteroatoms. The van der Waals surface area contributed by atoms with Crippen LogP contribution in [-0.2, 0) is 14.9 Å². The second kappa shape index (κ2) is 4.24. The number of hydrogen-bond acceptors (Lipinski definition) is 4. The third-order valence-electron chi connectivity index (χ3n) is 2.44. The van der Waals surface area contributed by atoms with Crippen LogP contribution in [0.2, 0.25) is 5.22 Å². The van der Waals surface area contributed by atoms with Gasteiger partial charge in [0.25, 0.3) is 0 Å². The third kappa shape index (κ3) is 2.33. The highest BCUT2D eigenvalue weighted by molar-refractivity contribution is 6.28. The molecule has 0 aliphatic heterocycles. The average Bonchev–Trinajstić information content (AvgIpc) is 2.63. The van der Waals surface area contributed by atoms with Crippen molar-refractivity contribution in [2.24, 2.45) is 5.73 Å². The lowest BCUT2D eigenvalue weighted by atomic mass is 9.82. The molecule has 1 atom stereocenters. The number of ether oxygens (including phenoxy) is 1. The quantitative estimate of drug-likeness (QED) is 0.805. The molecule has 1 heterocycles. The minimum absolute atomic E-state index is 0.273. The highest BCUT2D eigenvalue weighted by Gasteiger charge is 2.37. The van der Waals surface area contributed by atoms with Gasteiger partial charge in [-0.3, -0.25) is 4.79 Å². The molecular weight excluding hydrogens is 218 g/mol. The second-order valence-corrected chi connectivity index (χ2v) is 4.20. The number of carbonyl (C=O) groups is 1. The van der Waals surface area contributed by atoms with Crippen LogP contribution in [0.15, 0.2) is 16.5 Å². The molecule has 2 N–H and O–H groups in total. The Morgan fingerprint density at radius 3 is 2.60 bits per heavy atom. The molecule has 0 amide bonds. The SMILES string of the molecule is COC(=O)C(N)C(C)(C)c1ccc(Cl)o1. The zero-order chi connectivity index (χ0) is 11.6. The summed E-state index contributed by atoms with van der Waals surface area (Å²) in [6.07, 6.45) is 0. The summed E-state index contributed by atoms with van der Waals surface area (Å²) in [5, 5.41) is 0.273. The molecule has 0 aliphatic carbocycles. The normalized spacial score (nSPS) is 13.7. The molecule has 0 fully saturated rings. The van der Waals surface area contributed by atoms with E-state index in [0.29, 0.717) is 5.76 Å². The van der Waals surface area contributed by atoms with E-state index in [0.717, 1.165) is 0 Å². The molecule has 0 saturated carbocycles. The maximum Gasteiger partial charge on any atom is 0.323 e. The minimum atomic E-state index is -0.787. The molecule has 84 valence electrons. The summed E-state index contributed by atoms with van der Waals surface area (Å²) in [4.78, 5) is 11.3. The molecule has 4 nitrogen and oxygen atoms in total. The predicted octanol–water partition coefficient (Wildman–Crippen LogP) is 1.71. The Bertz CT molecular complexity index is 359. The van der Waals surface area contributed by atoms with Gasteiger partial charge in [-0.25, -0.2) is 0 Å². The minimum Gasteiger partial charge on any atom is -0.468 e. The Morgan fingerprint density at radius 1 is 1.60 bits per heavy atom. The van der Waals surface area contributed by atoms with E-state index in [1.165, 1.54) is 7.11 Å². The zero-order valence-corrected chi connectivity index (χ0v) is 9.67. The topological polar surface area (TPSA) is 65.5 Å². The van der Waals surface area contributed by atoms with Crippen molar-refractivity contribution in [3.8, 4) is 0 Å². The highest BCUT2D eigenvalue weighted by Crippen LogP contribution is 2.29. The molecular formula is C10H14ClNO3. The Balaban J connectivity index is 2.96. The van der Waals surface area contributed by atoms with Gasteiger partial charge in [0.1, 0.15) is 11.8 Å². The Morgan fingerprint density at radius 2 is 2.20 bits per heavy atom. The Hall–Kier alpha value is -1.00. The summed E-state index contributed by atoms with van der Waals surface area (Å²) in [5.41, 5.74) is 5.12. The number of halogens is 1. The van der Waals surface area contributed by atoms with Gasteiger partial charge in [0.2, 0.25) is 0 Å². The fourth-order valence-electron chi connectivity index (χ4n) is 1.24. The second-order valence-electron chi connectivity index (χ2n) is 3.83. The van der Waals surface area contributed by atoms with Gasteiger partial charge in [0.05, 0.1) is 7.11 Å². The van der Waals surface area contributed by atoms with Gasteiger partial charge in [-0.15, -0.1) is 0 Å². The van der Waals surface area contributed by atoms with E-state index in [1.54, 1.807) is 26.0 Å². The van der Waals surface area contributed by atoms with Crippen LogP contribution in [-0.4, -0.2) is 19.1 Å². The van der Waals surface area contributed by atoms with Crippen LogP contribution < -0.4 is 5.73 Å². The van der Waals surface area contributed by atoms with Crippen molar-refractivity contribution in [2.45, 2.75) is 25.3 Å². The Kier molecular flexibility index (Phi) is 3.42. The van der Waals surface area contributed by atoms with Crippen molar-refractivity contribution >= 4 is 17.6 Å². The molecule has 0 bridgehead atoms. The van der Waals surface area contributed by atoms with Gasteiger partial charge >= 0.3 is 5.97 Å². The first-order valence-electron chi connectivity index (χ1n) is 4.49. The Labute approximate surface area is 93.3 Å². The lowest BCUT2D eigenvalue weighted by molar-refractivity contribution is -0.143. The molecule has 0 radical (unpaired) electrons. The lowest BCUT2D eigenvalue weighted by Crippen LogP contribution is -2.47. The van der Waals surface area contributed by atoms with Crippen LogP contribution in [0.4, 0.5) is 0 Å². The van der Waals surface area contributed by atoms with Gasteiger partial charge in [0.15, 0.2) is 5.22 Å². The monoisotopic (exact) mass is 231 g/mol. The van der Waals surface area contributed by atoms with Gasteiger partial charge < -0.3 is 14.9 Å². The molecule has 1 unspecified atom stereocenters.